The van der Waals surface area contributed by atoms with Crippen LogP contribution in [0, 0.1) is 0 Å². The van der Waals surface area contributed by atoms with Gasteiger partial charge in [-0.3, -0.25) is 0 Å². The largest absolute Gasteiger partial charge is 0.397 e. The molecule has 106 valence electrons. The molecule has 0 aliphatic heterocycles. The van der Waals surface area contributed by atoms with Crippen LogP contribution in [0.25, 0.3) is 0 Å². The van der Waals surface area contributed by atoms with E-state index < -0.39 is 10.0 Å². The Morgan fingerprint density at radius 3 is 2.40 bits per heavy atom. The first kappa shape index (κ1) is 14.4. The zero-order valence-electron chi connectivity index (χ0n) is 10.9. The number of sulfonamides is 1. The van der Waals surface area contributed by atoms with Crippen LogP contribution in [0.4, 0.5) is 11.4 Å². The van der Waals surface area contributed by atoms with E-state index in [1.54, 1.807) is 0 Å². The molecule has 0 aromatic heterocycles. The van der Waals surface area contributed by atoms with Gasteiger partial charge in [-0.15, -0.1) is 0 Å². The molecule has 0 atom stereocenters. The second-order valence-corrected chi connectivity index (χ2v) is 6.02. The van der Waals surface area contributed by atoms with Crippen LogP contribution in [0.1, 0.15) is 5.56 Å². The summed E-state index contributed by atoms with van der Waals surface area (Å²) in [5.41, 5.74) is 8.08. The van der Waals surface area contributed by atoms with Gasteiger partial charge in [-0.05, 0) is 30.2 Å². The number of nitrogens with two attached hydrogens (primary N) is 2. The quantitative estimate of drug-likeness (QED) is 0.728. The summed E-state index contributed by atoms with van der Waals surface area (Å²) in [5, 5.41) is 8.23. The average molecular weight is 291 g/mol. The lowest BCUT2D eigenvalue weighted by Gasteiger charge is -2.10. The highest BCUT2D eigenvalue weighted by molar-refractivity contribution is 7.89. The van der Waals surface area contributed by atoms with Crippen LogP contribution in [0.5, 0.6) is 0 Å². The van der Waals surface area contributed by atoms with Crippen molar-refractivity contribution in [3.8, 4) is 0 Å². The lowest BCUT2D eigenvalue weighted by molar-refractivity contribution is 0.598. The predicted octanol–water partition coefficient (Wildman–Crippen LogP) is 1.57. The van der Waals surface area contributed by atoms with Gasteiger partial charge in [0, 0.05) is 6.54 Å². The zero-order chi connectivity index (χ0) is 14.6. The Balaban J connectivity index is 2.06. The molecule has 0 saturated heterocycles. The Kier molecular flexibility index (Phi) is 4.26. The molecule has 0 heterocycles. The minimum absolute atomic E-state index is 0.0499. The second kappa shape index (κ2) is 5.94. The molecule has 20 heavy (non-hydrogen) atoms. The summed E-state index contributed by atoms with van der Waals surface area (Å²) in [6.45, 7) is 0.655. The molecule has 5 nitrogen and oxygen atoms in total. The number of nitrogen functional groups attached to an aromatic ring is 1. The van der Waals surface area contributed by atoms with E-state index in [4.69, 9.17) is 10.9 Å². The number of nitrogens with one attached hydrogen (secondary N) is 1. The summed E-state index contributed by atoms with van der Waals surface area (Å²) in [7, 11) is -3.71. The third kappa shape index (κ3) is 3.72. The van der Waals surface area contributed by atoms with E-state index in [-0.39, 0.29) is 4.90 Å². The number of anilines is 2. The number of benzene rings is 2. The average Bonchev–Trinajstić information content (AvgIpc) is 2.41. The monoisotopic (exact) mass is 291 g/mol. The van der Waals surface area contributed by atoms with Crippen LogP contribution in [0.2, 0.25) is 0 Å². The molecule has 0 unspecified atom stereocenters. The molecule has 2 rings (SSSR count). The summed E-state index contributed by atoms with van der Waals surface area (Å²) < 4.78 is 22.6. The number of primary sulfonamides is 1. The summed E-state index contributed by atoms with van der Waals surface area (Å²) in [6.07, 6.45) is 0.819. The van der Waals surface area contributed by atoms with E-state index >= 15 is 0 Å². The number of hydrogen-bond donors (Lipinski definition) is 3. The molecule has 0 spiro atoms. The molecule has 0 radical (unpaired) electrons. The highest BCUT2D eigenvalue weighted by Gasteiger charge is 2.10. The van der Waals surface area contributed by atoms with E-state index in [0.717, 1.165) is 6.42 Å². The summed E-state index contributed by atoms with van der Waals surface area (Å²) >= 11 is 0. The molecule has 0 bridgehead atoms. The van der Waals surface area contributed by atoms with Gasteiger partial charge in [-0.1, -0.05) is 30.3 Å². The van der Waals surface area contributed by atoms with Gasteiger partial charge in [0.2, 0.25) is 10.0 Å². The third-order valence-corrected chi connectivity index (χ3v) is 3.84. The fraction of sp³-hybridized carbons (Fsp3) is 0.143. The van der Waals surface area contributed by atoms with Gasteiger partial charge in [0.1, 0.15) is 0 Å². The highest BCUT2D eigenvalue weighted by atomic mass is 32.2. The molecule has 0 amide bonds. The third-order valence-electron chi connectivity index (χ3n) is 2.93. The van der Waals surface area contributed by atoms with Gasteiger partial charge in [0.25, 0.3) is 0 Å². The van der Waals surface area contributed by atoms with E-state index in [0.29, 0.717) is 17.9 Å². The molecule has 0 aliphatic rings. The Morgan fingerprint density at radius 1 is 1.05 bits per heavy atom. The van der Waals surface area contributed by atoms with Crippen LogP contribution in [-0.2, 0) is 16.4 Å². The number of rotatable bonds is 5. The van der Waals surface area contributed by atoms with Crippen molar-refractivity contribution < 1.29 is 8.42 Å². The van der Waals surface area contributed by atoms with Crippen molar-refractivity contribution in [2.45, 2.75) is 11.3 Å². The molecule has 0 saturated carbocycles. The first-order valence-electron chi connectivity index (χ1n) is 6.17. The predicted molar refractivity (Wildman–Crippen MR) is 80.9 cm³/mol. The molecule has 0 fully saturated rings. The molecule has 2 aromatic carbocycles. The normalized spacial score (nSPS) is 11.2. The van der Waals surface area contributed by atoms with Crippen LogP contribution in [0.3, 0.4) is 0 Å². The zero-order valence-corrected chi connectivity index (χ0v) is 11.7. The van der Waals surface area contributed by atoms with E-state index in [9.17, 15) is 8.42 Å². The van der Waals surface area contributed by atoms with Gasteiger partial charge < -0.3 is 11.1 Å². The topological polar surface area (TPSA) is 98.2 Å². The van der Waals surface area contributed by atoms with Crippen LogP contribution >= 0.6 is 0 Å². The minimum atomic E-state index is -3.71. The molecular weight excluding hydrogens is 274 g/mol. The maximum absolute atomic E-state index is 11.3. The second-order valence-electron chi connectivity index (χ2n) is 4.46. The SMILES string of the molecule is Nc1ccc(S(N)(=O)=O)cc1NCCc1ccccc1. The van der Waals surface area contributed by atoms with Crippen molar-refractivity contribution in [1.29, 1.82) is 0 Å². The first-order chi connectivity index (χ1) is 9.47. The van der Waals surface area contributed by atoms with E-state index in [2.05, 4.69) is 5.32 Å². The fourth-order valence-corrected chi connectivity index (χ4v) is 2.39. The van der Waals surface area contributed by atoms with Gasteiger partial charge in [0.15, 0.2) is 0 Å². The van der Waals surface area contributed by atoms with Crippen molar-refractivity contribution in [2.24, 2.45) is 5.14 Å². The summed E-state index contributed by atoms with van der Waals surface area (Å²) in [4.78, 5) is 0.0499. The van der Waals surface area contributed by atoms with Crippen LogP contribution in [-0.4, -0.2) is 15.0 Å². The molecular formula is C14H17N3O2S. The molecule has 6 heteroatoms. The minimum Gasteiger partial charge on any atom is -0.397 e. The molecule has 0 aliphatic carbocycles. The molecule has 5 N–H and O–H groups in total. The standard InChI is InChI=1S/C14H17N3O2S/c15-13-7-6-12(20(16,18)19)10-14(13)17-9-8-11-4-2-1-3-5-11/h1-7,10,17H,8-9,15H2,(H2,16,18,19). The smallest absolute Gasteiger partial charge is 0.238 e. The maximum atomic E-state index is 11.3. The van der Waals surface area contributed by atoms with Crippen LogP contribution < -0.4 is 16.2 Å². The van der Waals surface area contributed by atoms with Crippen molar-refractivity contribution in [3.05, 3.63) is 54.1 Å². The van der Waals surface area contributed by atoms with Gasteiger partial charge in [0.05, 0.1) is 16.3 Å². The van der Waals surface area contributed by atoms with E-state index in [1.165, 1.54) is 23.8 Å². The van der Waals surface area contributed by atoms with Crippen molar-refractivity contribution >= 4 is 21.4 Å². The molecule has 2 aromatic rings. The first-order valence-corrected chi connectivity index (χ1v) is 7.71. The van der Waals surface area contributed by atoms with Crippen molar-refractivity contribution in [3.63, 3.8) is 0 Å². The van der Waals surface area contributed by atoms with E-state index in [1.807, 2.05) is 30.3 Å². The van der Waals surface area contributed by atoms with Crippen molar-refractivity contribution in [2.75, 3.05) is 17.6 Å². The number of hydrogen-bond acceptors (Lipinski definition) is 4. The van der Waals surface area contributed by atoms with Gasteiger partial charge in [-0.25, -0.2) is 13.6 Å². The maximum Gasteiger partial charge on any atom is 0.238 e. The lowest BCUT2D eigenvalue weighted by Crippen LogP contribution is -2.13. The Labute approximate surface area is 118 Å². The van der Waals surface area contributed by atoms with Gasteiger partial charge >= 0.3 is 0 Å². The summed E-state index contributed by atoms with van der Waals surface area (Å²) in [5.74, 6) is 0. The van der Waals surface area contributed by atoms with Crippen molar-refractivity contribution in [1.82, 2.24) is 0 Å². The Hall–Kier alpha value is -2.05. The van der Waals surface area contributed by atoms with Gasteiger partial charge in [-0.2, -0.15) is 0 Å². The Morgan fingerprint density at radius 2 is 1.75 bits per heavy atom. The Bertz CT molecular complexity index is 685. The fourth-order valence-electron chi connectivity index (χ4n) is 1.85. The van der Waals surface area contributed by atoms with Crippen LogP contribution in [0.15, 0.2) is 53.4 Å². The summed E-state index contributed by atoms with van der Waals surface area (Å²) in [6, 6.07) is 14.4. The lowest BCUT2D eigenvalue weighted by atomic mass is 10.1. The highest BCUT2D eigenvalue weighted by Crippen LogP contribution is 2.22.